The molecule has 0 amide bonds. The van der Waals surface area contributed by atoms with Gasteiger partial charge in [0.05, 0.1) is 18.8 Å². The Hall–Kier alpha value is -2.48. The lowest BCUT2D eigenvalue weighted by atomic mass is 9.96. The minimum absolute atomic E-state index is 0.243. The van der Waals surface area contributed by atoms with Crippen molar-refractivity contribution in [2.45, 2.75) is 32.2 Å². The summed E-state index contributed by atoms with van der Waals surface area (Å²) in [6, 6.07) is 14.3. The number of hydrogen-bond donors (Lipinski definition) is 1. The van der Waals surface area contributed by atoms with Gasteiger partial charge in [0, 0.05) is 29.2 Å². The average molecular weight is 445 g/mol. The van der Waals surface area contributed by atoms with Crippen molar-refractivity contribution in [3.63, 3.8) is 0 Å². The Morgan fingerprint density at radius 2 is 1.81 bits per heavy atom. The van der Waals surface area contributed by atoms with Crippen LogP contribution in [0.25, 0.3) is 11.1 Å². The predicted octanol–water partition coefficient (Wildman–Crippen LogP) is 5.37. The fourth-order valence-electron chi connectivity index (χ4n) is 3.36. The van der Waals surface area contributed by atoms with Crippen molar-refractivity contribution in [1.82, 2.24) is 9.71 Å². The molecule has 0 spiro atoms. The number of nitrogens with zero attached hydrogens (tertiary/aromatic N) is 1. The number of nitrogens with one attached hydrogen (secondary N) is 1. The van der Waals surface area contributed by atoms with E-state index in [0.717, 1.165) is 35.8 Å². The Morgan fingerprint density at radius 1 is 1.10 bits per heavy atom. The van der Waals surface area contributed by atoms with Crippen molar-refractivity contribution in [2.24, 2.45) is 0 Å². The van der Waals surface area contributed by atoms with E-state index in [9.17, 15) is 13.3 Å². The average Bonchev–Trinajstić information content (AvgIpc) is 2.76. The molecule has 31 heavy (non-hydrogen) atoms. The monoisotopic (exact) mass is 444 g/mol. The Balaban J connectivity index is 1.97. The third-order valence-electron chi connectivity index (χ3n) is 4.89. The molecule has 0 saturated carbocycles. The van der Waals surface area contributed by atoms with E-state index in [0.29, 0.717) is 17.0 Å². The molecular formula is C24H26F2N2O2S. The zero-order chi connectivity index (χ0) is 22.2. The fourth-order valence-corrected chi connectivity index (χ4v) is 4.54. The molecule has 7 heteroatoms. The molecule has 0 bridgehead atoms. The van der Waals surface area contributed by atoms with Gasteiger partial charge in [-0.1, -0.05) is 31.5 Å². The summed E-state index contributed by atoms with van der Waals surface area (Å²) in [5.41, 5.74) is 2.91. The number of pyridine rings is 1. The maximum atomic E-state index is 13.8. The largest absolute Gasteiger partial charge is 0.598 e. The summed E-state index contributed by atoms with van der Waals surface area (Å²) >= 11 is -1.30. The molecule has 1 N–H and O–H groups in total. The van der Waals surface area contributed by atoms with E-state index in [1.165, 1.54) is 12.1 Å². The fraction of sp³-hybridized carbons (Fsp3) is 0.292. The molecule has 0 radical (unpaired) electrons. The second-order valence-electron chi connectivity index (χ2n) is 7.22. The van der Waals surface area contributed by atoms with Crippen molar-refractivity contribution >= 4 is 11.4 Å². The van der Waals surface area contributed by atoms with Crippen LogP contribution < -0.4 is 9.46 Å². The highest BCUT2D eigenvalue weighted by Gasteiger charge is 2.24. The van der Waals surface area contributed by atoms with Crippen LogP contribution in [0.15, 0.2) is 60.8 Å². The number of rotatable bonds is 10. The molecular weight excluding hydrogens is 418 g/mol. The van der Waals surface area contributed by atoms with E-state index < -0.39 is 29.0 Å². The molecule has 0 saturated heterocycles. The predicted molar refractivity (Wildman–Crippen MR) is 120 cm³/mol. The lowest BCUT2D eigenvalue weighted by Crippen LogP contribution is -2.33. The van der Waals surface area contributed by atoms with Crippen molar-refractivity contribution < 1.29 is 18.1 Å². The van der Waals surface area contributed by atoms with Gasteiger partial charge in [0.15, 0.2) is 0 Å². The highest BCUT2D eigenvalue weighted by molar-refractivity contribution is 7.89. The molecule has 0 unspecified atom stereocenters. The van der Waals surface area contributed by atoms with Gasteiger partial charge in [-0.3, -0.25) is 4.98 Å². The Kier molecular flexibility index (Phi) is 8.40. The van der Waals surface area contributed by atoms with Gasteiger partial charge in [0.1, 0.15) is 23.1 Å². The van der Waals surface area contributed by atoms with Gasteiger partial charge in [-0.15, -0.1) is 4.72 Å². The summed E-state index contributed by atoms with van der Waals surface area (Å²) in [6.07, 6.45) is 3.65. The van der Waals surface area contributed by atoms with Gasteiger partial charge in [0.25, 0.3) is 0 Å². The van der Waals surface area contributed by atoms with Crippen LogP contribution in [0.5, 0.6) is 5.75 Å². The van der Waals surface area contributed by atoms with E-state index in [2.05, 4.69) is 9.71 Å². The first-order valence-corrected chi connectivity index (χ1v) is 11.5. The normalized spacial score (nSPS) is 13.1. The summed E-state index contributed by atoms with van der Waals surface area (Å²) in [7, 11) is 1.61. The summed E-state index contributed by atoms with van der Waals surface area (Å²) in [6.45, 7) is 2.03. The van der Waals surface area contributed by atoms with Crippen LogP contribution in [0.4, 0.5) is 8.78 Å². The molecule has 164 valence electrons. The maximum Gasteiger partial charge on any atom is 0.126 e. The molecule has 2 atom stereocenters. The van der Waals surface area contributed by atoms with Crippen LogP contribution in [0.1, 0.15) is 37.1 Å². The molecule has 0 fully saturated rings. The molecule has 3 aromatic rings. The number of ether oxygens (including phenoxy) is 1. The highest BCUT2D eigenvalue weighted by atomic mass is 32.2. The lowest BCUT2D eigenvalue weighted by molar-refractivity contribution is 0.415. The molecule has 1 heterocycles. The number of methoxy groups -OCH3 is 1. The topological polar surface area (TPSA) is 57.2 Å². The molecule has 3 rings (SSSR count). The third-order valence-corrected chi connectivity index (χ3v) is 6.10. The van der Waals surface area contributed by atoms with E-state index in [1.807, 2.05) is 43.3 Å². The minimum atomic E-state index is -1.30. The summed E-state index contributed by atoms with van der Waals surface area (Å²) in [5, 5.41) is 0. The van der Waals surface area contributed by atoms with Crippen molar-refractivity contribution in [2.75, 3.05) is 12.9 Å². The maximum absolute atomic E-state index is 13.8. The Morgan fingerprint density at radius 3 is 2.45 bits per heavy atom. The van der Waals surface area contributed by atoms with Crippen molar-refractivity contribution in [3.8, 4) is 16.9 Å². The zero-order valence-corrected chi connectivity index (χ0v) is 18.4. The van der Waals surface area contributed by atoms with Crippen molar-refractivity contribution in [3.05, 3.63) is 83.7 Å². The number of hydrogen-bond acceptors (Lipinski definition) is 4. The van der Waals surface area contributed by atoms with Crippen LogP contribution in [0.3, 0.4) is 0 Å². The minimum Gasteiger partial charge on any atom is -0.598 e. The SMILES string of the molecule is CCCC[S@+]([O-])N[C@H](Cc1cc(F)cc(F)c1)c1ncccc1-c1ccc(OC)cc1. The number of aromatic nitrogens is 1. The second-order valence-corrected chi connectivity index (χ2v) is 8.56. The quantitative estimate of drug-likeness (QED) is 0.427. The smallest absolute Gasteiger partial charge is 0.126 e. The van der Waals surface area contributed by atoms with Gasteiger partial charge in [-0.2, -0.15) is 0 Å². The van der Waals surface area contributed by atoms with Crippen LogP contribution >= 0.6 is 0 Å². The highest BCUT2D eigenvalue weighted by Crippen LogP contribution is 2.30. The van der Waals surface area contributed by atoms with Crippen molar-refractivity contribution in [1.29, 1.82) is 0 Å². The molecule has 1 aromatic heterocycles. The standard InChI is InChI=1S/C24H26F2N2O2S/c1-3-4-12-31(29)28-23(15-17-13-19(25)16-20(26)14-17)24-22(6-5-11-27-24)18-7-9-21(30-2)10-8-18/h5-11,13-14,16,23,28H,3-4,12,15H2,1-2H3/t23-,31+/m1/s1. The van der Waals surface area contributed by atoms with Gasteiger partial charge in [0.2, 0.25) is 0 Å². The van der Waals surface area contributed by atoms with Gasteiger partial charge in [-0.25, -0.2) is 8.78 Å². The first-order valence-electron chi connectivity index (χ1n) is 10.2. The molecule has 2 aromatic carbocycles. The summed E-state index contributed by atoms with van der Waals surface area (Å²) in [4.78, 5) is 4.56. The first-order chi connectivity index (χ1) is 15.0. The van der Waals surface area contributed by atoms with E-state index >= 15 is 0 Å². The second kappa shape index (κ2) is 11.2. The lowest BCUT2D eigenvalue weighted by Gasteiger charge is -2.22. The molecule has 4 nitrogen and oxygen atoms in total. The third kappa shape index (κ3) is 6.50. The summed E-state index contributed by atoms with van der Waals surface area (Å²) < 4.78 is 48.6. The van der Waals surface area contributed by atoms with Gasteiger partial charge < -0.3 is 9.29 Å². The Bertz CT molecular complexity index is 965. The van der Waals surface area contributed by atoms with Gasteiger partial charge >= 0.3 is 0 Å². The van der Waals surface area contributed by atoms with E-state index in [4.69, 9.17) is 4.74 Å². The summed E-state index contributed by atoms with van der Waals surface area (Å²) in [5.74, 6) is -0.0517. The van der Waals surface area contributed by atoms with Crippen LogP contribution in [-0.4, -0.2) is 22.4 Å². The van der Waals surface area contributed by atoms with Crippen LogP contribution in [0, 0.1) is 11.6 Å². The zero-order valence-electron chi connectivity index (χ0n) is 17.6. The van der Waals surface area contributed by atoms with E-state index in [-0.39, 0.29) is 6.42 Å². The number of unbranched alkanes of at least 4 members (excludes halogenated alkanes) is 1. The molecule has 0 aliphatic carbocycles. The molecule has 0 aliphatic heterocycles. The number of benzene rings is 2. The first kappa shape index (κ1) is 23.2. The van der Waals surface area contributed by atoms with E-state index in [1.54, 1.807) is 13.3 Å². The van der Waals surface area contributed by atoms with Crippen LogP contribution in [0.2, 0.25) is 0 Å². The van der Waals surface area contributed by atoms with Gasteiger partial charge in [-0.05, 0) is 54.3 Å². The van der Waals surface area contributed by atoms with Crippen LogP contribution in [-0.2, 0) is 17.8 Å². The molecule has 0 aliphatic rings. The Labute approximate surface area is 185 Å². The number of halogens is 2.